The van der Waals surface area contributed by atoms with Gasteiger partial charge in [-0.2, -0.15) is 5.10 Å². The number of nitrogens with one attached hydrogen (secondary N) is 1. The number of benzene rings is 1. The molecule has 1 amide bonds. The maximum absolute atomic E-state index is 12.2. The van der Waals surface area contributed by atoms with Gasteiger partial charge >= 0.3 is 5.97 Å². The van der Waals surface area contributed by atoms with Crippen LogP contribution in [0.25, 0.3) is 0 Å². The molecule has 0 saturated heterocycles. The number of hydrogen-bond donors (Lipinski definition) is 1. The van der Waals surface area contributed by atoms with Gasteiger partial charge in [0.1, 0.15) is 10.6 Å². The van der Waals surface area contributed by atoms with Crippen LogP contribution in [0.1, 0.15) is 32.6 Å². The van der Waals surface area contributed by atoms with Crippen molar-refractivity contribution in [1.29, 1.82) is 0 Å². The van der Waals surface area contributed by atoms with Gasteiger partial charge in [-0.25, -0.2) is 10.2 Å². The number of hydrazone groups is 1. The largest absolute Gasteiger partial charge is 0.490 e. The number of hydrogen-bond acceptors (Lipinski definition) is 7. The van der Waals surface area contributed by atoms with Gasteiger partial charge in [0, 0.05) is 6.20 Å². The highest BCUT2D eigenvalue weighted by atomic mass is 32.1. The number of pyridine rings is 1. The van der Waals surface area contributed by atoms with Gasteiger partial charge in [-0.05, 0) is 54.3 Å². The molecule has 3 aromatic rings. The second kappa shape index (κ2) is 9.43. The Morgan fingerprint density at radius 2 is 2.07 bits per heavy atom. The zero-order valence-corrected chi connectivity index (χ0v) is 15.8. The summed E-state index contributed by atoms with van der Waals surface area (Å²) < 4.78 is 11.0. The molecule has 0 radical (unpaired) electrons. The summed E-state index contributed by atoms with van der Waals surface area (Å²) in [5, 5.41) is 5.73. The van der Waals surface area contributed by atoms with Crippen molar-refractivity contribution >= 4 is 29.4 Å². The molecule has 2 aromatic heterocycles. The molecule has 7 nitrogen and oxygen atoms in total. The number of nitrogens with zero attached hydrogens (tertiary/aromatic N) is 2. The molecule has 0 aliphatic carbocycles. The molecule has 8 heteroatoms. The molecular formula is C20H17N3O4S. The molecule has 28 heavy (non-hydrogen) atoms. The highest BCUT2D eigenvalue weighted by Gasteiger charge is 2.14. The number of thiophene rings is 1. The van der Waals surface area contributed by atoms with Crippen molar-refractivity contribution in [2.45, 2.75) is 6.92 Å². The lowest BCUT2D eigenvalue weighted by Gasteiger charge is -2.10. The van der Waals surface area contributed by atoms with Crippen LogP contribution in [-0.2, 0) is 0 Å². The van der Waals surface area contributed by atoms with Crippen LogP contribution in [0.3, 0.4) is 0 Å². The van der Waals surface area contributed by atoms with Crippen molar-refractivity contribution in [1.82, 2.24) is 10.4 Å². The van der Waals surface area contributed by atoms with Crippen LogP contribution in [0.2, 0.25) is 0 Å². The highest BCUT2D eigenvalue weighted by molar-refractivity contribution is 7.12. The van der Waals surface area contributed by atoms with E-state index in [1.165, 1.54) is 23.7 Å². The fraction of sp³-hybridized carbons (Fsp3) is 0.100. The van der Waals surface area contributed by atoms with E-state index in [9.17, 15) is 9.59 Å². The van der Waals surface area contributed by atoms with Crippen molar-refractivity contribution in [3.8, 4) is 11.5 Å². The van der Waals surface area contributed by atoms with Crippen LogP contribution in [0, 0.1) is 0 Å². The van der Waals surface area contributed by atoms with Crippen molar-refractivity contribution in [2.24, 2.45) is 5.10 Å². The van der Waals surface area contributed by atoms with Crippen LogP contribution in [0.5, 0.6) is 11.5 Å². The summed E-state index contributed by atoms with van der Waals surface area (Å²) in [4.78, 5) is 28.5. The molecule has 0 atom stereocenters. The quantitative estimate of drug-likeness (QED) is 0.286. The number of aromatic nitrogens is 1. The lowest BCUT2D eigenvalue weighted by atomic mass is 10.2. The van der Waals surface area contributed by atoms with Gasteiger partial charge in [0.2, 0.25) is 0 Å². The maximum atomic E-state index is 12.2. The van der Waals surface area contributed by atoms with Crippen LogP contribution in [0.4, 0.5) is 0 Å². The number of esters is 1. The van der Waals surface area contributed by atoms with Crippen molar-refractivity contribution in [2.75, 3.05) is 6.61 Å². The molecule has 0 bridgehead atoms. The van der Waals surface area contributed by atoms with Crippen LogP contribution in [-0.4, -0.2) is 29.7 Å². The van der Waals surface area contributed by atoms with Gasteiger partial charge in [0.25, 0.3) is 5.91 Å². The number of ether oxygens (including phenoxy) is 2. The van der Waals surface area contributed by atoms with Crippen LogP contribution < -0.4 is 14.9 Å². The van der Waals surface area contributed by atoms with E-state index in [-0.39, 0.29) is 5.69 Å². The first kappa shape index (κ1) is 19.2. The third kappa shape index (κ3) is 5.01. The van der Waals surface area contributed by atoms with Crippen molar-refractivity contribution in [3.05, 3.63) is 76.2 Å². The smallest absolute Gasteiger partial charge is 0.353 e. The number of amides is 1. The molecule has 2 heterocycles. The topological polar surface area (TPSA) is 89.9 Å². The summed E-state index contributed by atoms with van der Waals surface area (Å²) in [5.41, 5.74) is 3.34. The first-order valence-electron chi connectivity index (χ1n) is 8.44. The predicted octanol–water partition coefficient (Wildman–Crippen LogP) is 3.52. The zero-order chi connectivity index (χ0) is 19.8. The summed E-state index contributed by atoms with van der Waals surface area (Å²) in [7, 11) is 0. The number of carbonyl (C=O) groups is 2. The summed E-state index contributed by atoms with van der Waals surface area (Å²) >= 11 is 1.30. The van der Waals surface area contributed by atoms with E-state index in [0.29, 0.717) is 28.5 Å². The van der Waals surface area contributed by atoms with E-state index >= 15 is 0 Å². The van der Waals surface area contributed by atoms with Crippen molar-refractivity contribution in [3.63, 3.8) is 0 Å². The summed E-state index contributed by atoms with van der Waals surface area (Å²) in [6.07, 6.45) is 3.00. The van der Waals surface area contributed by atoms with Gasteiger partial charge in [0.05, 0.1) is 12.8 Å². The van der Waals surface area contributed by atoms with E-state index in [2.05, 4.69) is 15.5 Å². The summed E-state index contributed by atoms with van der Waals surface area (Å²) in [6, 6.07) is 13.5. The van der Waals surface area contributed by atoms with Gasteiger partial charge < -0.3 is 9.47 Å². The summed E-state index contributed by atoms with van der Waals surface area (Å²) in [5.74, 6) is -0.134. The van der Waals surface area contributed by atoms with E-state index in [0.717, 1.165) is 0 Å². The Bertz CT molecular complexity index is 972. The molecule has 1 N–H and O–H groups in total. The Kier molecular flexibility index (Phi) is 6.48. The molecule has 3 rings (SSSR count). The zero-order valence-electron chi connectivity index (χ0n) is 15.0. The standard InChI is InChI=1S/C20H17N3O4S/c1-2-26-17-12-14(13-22-23-19(24)15-6-3-4-10-21-15)8-9-16(17)27-20(25)18-7-5-11-28-18/h3-13H,2H2,1H3,(H,23,24)/b22-13-. The second-order valence-corrected chi connectivity index (χ2v) is 6.37. The highest BCUT2D eigenvalue weighted by Crippen LogP contribution is 2.29. The Labute approximate surface area is 165 Å². The SMILES string of the molecule is CCOc1cc(/C=N\NC(=O)c2ccccn2)ccc1OC(=O)c1cccs1. The van der Waals surface area contributed by atoms with Gasteiger partial charge in [0.15, 0.2) is 11.5 Å². The molecule has 0 aliphatic rings. The average Bonchev–Trinajstić information content (AvgIpc) is 3.25. The van der Waals surface area contributed by atoms with Gasteiger partial charge in [-0.1, -0.05) is 12.1 Å². The van der Waals surface area contributed by atoms with E-state index < -0.39 is 11.9 Å². The Balaban J connectivity index is 1.69. The predicted molar refractivity (Wildman–Crippen MR) is 106 cm³/mol. The first-order chi connectivity index (χ1) is 13.7. The molecule has 0 spiro atoms. The Morgan fingerprint density at radius 1 is 1.18 bits per heavy atom. The Morgan fingerprint density at radius 3 is 2.79 bits per heavy atom. The lowest BCUT2D eigenvalue weighted by molar-refractivity contribution is 0.0733. The number of carbonyl (C=O) groups excluding carboxylic acids is 2. The van der Waals surface area contributed by atoms with E-state index in [1.807, 2.05) is 6.92 Å². The van der Waals surface area contributed by atoms with E-state index in [1.54, 1.807) is 53.9 Å². The average molecular weight is 395 g/mol. The van der Waals surface area contributed by atoms with E-state index in [4.69, 9.17) is 9.47 Å². The molecule has 0 fully saturated rings. The minimum absolute atomic E-state index is 0.269. The molecule has 0 aliphatic heterocycles. The monoisotopic (exact) mass is 395 g/mol. The third-order valence-corrected chi connectivity index (χ3v) is 4.32. The van der Waals surface area contributed by atoms with Crippen molar-refractivity contribution < 1.29 is 19.1 Å². The summed E-state index contributed by atoms with van der Waals surface area (Å²) in [6.45, 7) is 2.24. The minimum atomic E-state index is -0.444. The number of rotatable bonds is 7. The first-order valence-corrected chi connectivity index (χ1v) is 9.32. The minimum Gasteiger partial charge on any atom is -0.490 e. The molecule has 142 valence electrons. The lowest BCUT2D eigenvalue weighted by Crippen LogP contribution is -2.18. The normalized spacial score (nSPS) is 10.6. The fourth-order valence-corrected chi connectivity index (χ4v) is 2.82. The third-order valence-electron chi connectivity index (χ3n) is 3.47. The fourth-order valence-electron chi connectivity index (χ4n) is 2.22. The molecule has 0 unspecified atom stereocenters. The maximum Gasteiger partial charge on any atom is 0.353 e. The molecule has 1 aromatic carbocycles. The van der Waals surface area contributed by atoms with Crippen LogP contribution in [0.15, 0.2) is 65.2 Å². The second-order valence-electron chi connectivity index (χ2n) is 5.42. The van der Waals surface area contributed by atoms with Gasteiger partial charge in [-0.15, -0.1) is 11.3 Å². The molecular weight excluding hydrogens is 378 g/mol. The van der Waals surface area contributed by atoms with Gasteiger partial charge in [-0.3, -0.25) is 9.78 Å². The molecule has 0 saturated carbocycles. The van der Waals surface area contributed by atoms with Crippen LogP contribution >= 0.6 is 11.3 Å². The Hall–Kier alpha value is -3.52.